The zero-order chi connectivity index (χ0) is 20.2. The highest BCUT2D eigenvalue weighted by Gasteiger charge is 2.40. The van der Waals surface area contributed by atoms with Crippen LogP contribution in [0.25, 0.3) is 0 Å². The van der Waals surface area contributed by atoms with Crippen molar-refractivity contribution in [3.63, 3.8) is 0 Å². The summed E-state index contributed by atoms with van der Waals surface area (Å²) in [5.41, 5.74) is 0.459. The van der Waals surface area contributed by atoms with Crippen molar-refractivity contribution in [2.24, 2.45) is 0 Å². The van der Waals surface area contributed by atoms with E-state index in [0.717, 1.165) is 5.56 Å². The molecule has 0 saturated heterocycles. The van der Waals surface area contributed by atoms with Crippen LogP contribution in [0.5, 0.6) is 5.75 Å². The monoisotopic (exact) mass is 391 g/mol. The first-order valence-electron chi connectivity index (χ1n) is 8.48. The number of carboxylic acid groups (broad SMARTS) is 1. The molecule has 27 heavy (non-hydrogen) atoms. The van der Waals surface area contributed by atoms with Gasteiger partial charge in [0.2, 0.25) is 10.9 Å². The van der Waals surface area contributed by atoms with Crippen LogP contribution in [0.4, 0.5) is 0 Å². The van der Waals surface area contributed by atoms with Crippen molar-refractivity contribution in [1.29, 1.82) is 0 Å². The van der Waals surface area contributed by atoms with Crippen molar-refractivity contribution in [2.75, 3.05) is 7.11 Å². The number of nitrogens with one attached hydrogen (secondary N) is 1. The average molecular weight is 391 g/mol. The molecule has 7 heteroatoms. The van der Waals surface area contributed by atoms with Gasteiger partial charge in [0.05, 0.1) is 19.1 Å². The number of benzene rings is 2. The Balaban J connectivity index is 2.76. The Labute approximate surface area is 161 Å². The summed E-state index contributed by atoms with van der Waals surface area (Å²) >= 11 is 0. The Morgan fingerprint density at radius 3 is 2.07 bits per heavy atom. The molecule has 0 radical (unpaired) electrons. The molecular formula is C20H25NO5S. The second-order valence-corrected chi connectivity index (χ2v) is 8.11. The maximum atomic E-state index is 11.7. The number of thiol groups is 1. The number of hydrogen-bond donors (Lipinski definition) is 3. The van der Waals surface area contributed by atoms with E-state index >= 15 is 0 Å². The summed E-state index contributed by atoms with van der Waals surface area (Å²) in [6.45, 7) is 6.21. The number of methoxy groups -OCH3 is 1. The van der Waals surface area contributed by atoms with E-state index in [1.807, 2.05) is 12.1 Å². The first-order valence-corrected chi connectivity index (χ1v) is 9.66. The topological polar surface area (TPSA) is 92.7 Å². The molecule has 2 aromatic carbocycles. The van der Waals surface area contributed by atoms with E-state index in [4.69, 9.17) is 4.74 Å². The van der Waals surface area contributed by atoms with E-state index < -0.39 is 28.8 Å². The van der Waals surface area contributed by atoms with Crippen LogP contribution in [0.3, 0.4) is 0 Å². The maximum Gasteiger partial charge on any atom is 0.305 e. The van der Waals surface area contributed by atoms with Crippen LogP contribution in [0.15, 0.2) is 48.5 Å². The van der Waals surface area contributed by atoms with Gasteiger partial charge in [-0.1, -0.05) is 63.2 Å². The molecule has 2 N–H and O–H groups in total. The second kappa shape index (κ2) is 8.10. The molecule has 1 unspecified atom stereocenters. The lowest BCUT2D eigenvalue weighted by Crippen LogP contribution is -2.44. The highest BCUT2D eigenvalue weighted by Crippen LogP contribution is 2.39. The molecule has 6 nitrogen and oxygen atoms in total. The van der Waals surface area contributed by atoms with E-state index in [-0.39, 0.29) is 5.41 Å². The molecule has 0 aliphatic rings. The van der Waals surface area contributed by atoms with Crippen LogP contribution in [-0.4, -0.2) is 26.6 Å². The van der Waals surface area contributed by atoms with E-state index in [9.17, 15) is 18.3 Å². The van der Waals surface area contributed by atoms with Gasteiger partial charge < -0.3 is 9.84 Å². The summed E-state index contributed by atoms with van der Waals surface area (Å²) in [7, 11) is -1.62. The number of carboxylic acids is 1. The van der Waals surface area contributed by atoms with Crippen molar-refractivity contribution in [3.8, 4) is 5.75 Å². The summed E-state index contributed by atoms with van der Waals surface area (Å²) in [5, 5.41) is 9.55. The first kappa shape index (κ1) is 20.9. The Hall–Kier alpha value is -2.38. The summed E-state index contributed by atoms with van der Waals surface area (Å²) in [5.74, 6) is -0.729. The molecule has 0 amide bonds. The molecule has 2 aromatic rings. The minimum Gasteiger partial charge on any atom is -0.496 e. The predicted octanol–water partition coefficient (Wildman–Crippen LogP) is 2.83. The van der Waals surface area contributed by atoms with Crippen LogP contribution in [0.1, 0.15) is 43.9 Å². The Bertz CT molecular complexity index is 876. The van der Waals surface area contributed by atoms with Gasteiger partial charge in [0.1, 0.15) is 5.75 Å². The van der Waals surface area contributed by atoms with Crippen LogP contribution >= 0.6 is 0 Å². The lowest BCUT2D eigenvalue weighted by Gasteiger charge is -2.34. The Morgan fingerprint density at radius 1 is 1.04 bits per heavy atom. The maximum absolute atomic E-state index is 11.7. The van der Waals surface area contributed by atoms with E-state index in [2.05, 4.69) is 25.5 Å². The Morgan fingerprint density at radius 2 is 1.59 bits per heavy atom. The summed E-state index contributed by atoms with van der Waals surface area (Å²) in [6, 6.07) is 14.1. The van der Waals surface area contributed by atoms with Gasteiger partial charge in [0.15, 0.2) is 0 Å². The molecule has 0 aliphatic heterocycles. The lowest BCUT2D eigenvalue weighted by molar-refractivity contribution is -0.138. The number of carbonyl (C=O) groups is 1. The quantitative estimate of drug-likeness (QED) is 0.631. The van der Waals surface area contributed by atoms with E-state index in [1.54, 1.807) is 36.4 Å². The van der Waals surface area contributed by atoms with Crippen LogP contribution in [0, 0.1) is 0 Å². The number of aliphatic carboxylic acids is 1. The smallest absolute Gasteiger partial charge is 0.305 e. The largest absolute Gasteiger partial charge is 0.496 e. The van der Waals surface area contributed by atoms with Crippen molar-refractivity contribution in [1.82, 2.24) is 4.72 Å². The van der Waals surface area contributed by atoms with Gasteiger partial charge >= 0.3 is 5.97 Å². The molecule has 0 aromatic heterocycles. The average Bonchev–Trinajstić information content (AvgIpc) is 2.59. The molecule has 146 valence electrons. The van der Waals surface area contributed by atoms with Crippen LogP contribution < -0.4 is 9.46 Å². The molecule has 0 heterocycles. The standard InChI is InChI=1S/C20H25NO5S/c1-19(2,3)14-9-11-15(12-10-14)20(13-18(22)23,21-27(24)25)16-7-5-6-8-17(16)26-4/h5-12,27H,13H2,1-4H3,(H,22,23)(H,21,24,25). The van der Waals surface area contributed by atoms with E-state index in [1.165, 1.54) is 7.11 Å². The molecule has 0 aliphatic carbocycles. The first-order chi connectivity index (χ1) is 12.6. The molecule has 0 bridgehead atoms. The van der Waals surface area contributed by atoms with Crippen LogP contribution in [-0.2, 0) is 26.6 Å². The number of ether oxygens (including phenoxy) is 1. The Kier molecular flexibility index (Phi) is 6.28. The molecule has 0 fully saturated rings. The van der Waals surface area contributed by atoms with Crippen molar-refractivity contribution < 1.29 is 23.1 Å². The minimum atomic E-state index is -3.08. The molecule has 0 saturated carbocycles. The van der Waals surface area contributed by atoms with Gasteiger partial charge in [-0.25, -0.2) is 13.1 Å². The fourth-order valence-corrected chi connectivity index (χ4v) is 3.79. The van der Waals surface area contributed by atoms with Crippen molar-refractivity contribution >= 4 is 16.9 Å². The number of hydrogen-bond acceptors (Lipinski definition) is 4. The third kappa shape index (κ3) is 4.67. The van der Waals surface area contributed by atoms with Gasteiger partial charge in [-0.05, 0) is 22.6 Å². The minimum absolute atomic E-state index is 0.0878. The van der Waals surface area contributed by atoms with E-state index in [0.29, 0.717) is 16.9 Å². The molecular weight excluding hydrogens is 366 g/mol. The highest BCUT2D eigenvalue weighted by atomic mass is 32.2. The van der Waals surface area contributed by atoms with Crippen molar-refractivity contribution in [3.05, 3.63) is 65.2 Å². The highest BCUT2D eigenvalue weighted by molar-refractivity contribution is 7.70. The third-order valence-electron chi connectivity index (χ3n) is 4.51. The number of rotatable bonds is 7. The van der Waals surface area contributed by atoms with Crippen molar-refractivity contribution in [2.45, 2.75) is 38.1 Å². The fraction of sp³-hybridized carbons (Fsp3) is 0.350. The summed E-state index contributed by atoms with van der Waals surface area (Å²) in [6.07, 6.45) is -0.467. The summed E-state index contributed by atoms with van der Waals surface area (Å²) in [4.78, 5) is 11.7. The lowest BCUT2D eigenvalue weighted by atomic mass is 9.78. The zero-order valence-corrected chi connectivity index (χ0v) is 16.7. The van der Waals surface area contributed by atoms with Crippen LogP contribution in [0.2, 0.25) is 0 Å². The van der Waals surface area contributed by atoms with Gasteiger partial charge in [0, 0.05) is 5.56 Å². The third-order valence-corrected chi connectivity index (χ3v) is 5.07. The molecule has 1 atom stereocenters. The SMILES string of the molecule is COc1ccccc1C(CC(=O)O)(N[SH](=O)=O)c1ccc(C(C)(C)C)cc1. The van der Waals surface area contributed by atoms with Gasteiger partial charge in [-0.3, -0.25) is 4.79 Å². The molecule has 0 spiro atoms. The predicted molar refractivity (Wildman–Crippen MR) is 105 cm³/mol. The normalized spacial score (nSPS) is 14.0. The second-order valence-electron chi connectivity index (χ2n) is 7.37. The fourth-order valence-electron chi connectivity index (χ4n) is 3.15. The van der Waals surface area contributed by atoms with Gasteiger partial charge in [-0.2, -0.15) is 0 Å². The summed E-state index contributed by atoms with van der Waals surface area (Å²) < 4.78 is 31.2. The number of para-hydroxylation sites is 1. The zero-order valence-electron chi connectivity index (χ0n) is 15.9. The van der Waals surface area contributed by atoms with Gasteiger partial charge in [-0.15, -0.1) is 0 Å². The van der Waals surface area contributed by atoms with Gasteiger partial charge in [0.25, 0.3) is 0 Å². The molecule has 2 rings (SSSR count).